The average molecular weight is 341 g/mol. The molecule has 0 N–H and O–H groups in total. The van der Waals surface area contributed by atoms with Crippen LogP contribution < -0.4 is 4.74 Å². The summed E-state index contributed by atoms with van der Waals surface area (Å²) in [6.07, 6.45) is -0.0524. The molecule has 0 saturated carbocycles. The van der Waals surface area contributed by atoms with Gasteiger partial charge < -0.3 is 4.74 Å². The molecule has 2 aromatic rings. The molecule has 0 amide bonds. The number of Topliss-reactive ketones (excluding diaryl/α,β-unsaturated/α-hetero) is 1. The summed E-state index contributed by atoms with van der Waals surface area (Å²) in [6, 6.07) is 10.1. The van der Waals surface area contributed by atoms with E-state index in [1.54, 1.807) is 24.3 Å². The summed E-state index contributed by atoms with van der Waals surface area (Å²) in [5.41, 5.74) is 0.321. The van der Waals surface area contributed by atoms with Crippen LogP contribution >= 0.6 is 15.9 Å². The molecule has 2 rings (SSSR count). The van der Waals surface area contributed by atoms with Crippen LogP contribution in [0.5, 0.6) is 5.75 Å². The van der Waals surface area contributed by atoms with Gasteiger partial charge in [-0.2, -0.15) is 0 Å². The normalized spacial score (nSPS) is 10.3. The second kappa shape index (κ2) is 6.61. The molecule has 104 valence electrons. The summed E-state index contributed by atoms with van der Waals surface area (Å²) >= 11 is 3.13. The highest BCUT2D eigenvalue weighted by Crippen LogP contribution is 2.20. The van der Waals surface area contributed by atoms with Crippen LogP contribution in [0.4, 0.5) is 8.78 Å². The van der Waals surface area contributed by atoms with E-state index in [0.717, 1.165) is 0 Å². The molecule has 0 spiro atoms. The Labute approximate surface area is 123 Å². The molecule has 2 aromatic carbocycles. The van der Waals surface area contributed by atoms with E-state index in [9.17, 15) is 13.6 Å². The number of ether oxygens (including phenoxy) is 1. The van der Waals surface area contributed by atoms with Gasteiger partial charge >= 0.3 is 0 Å². The van der Waals surface area contributed by atoms with Crippen molar-refractivity contribution in [1.82, 2.24) is 0 Å². The molecule has 0 aliphatic carbocycles. The van der Waals surface area contributed by atoms with Crippen LogP contribution in [0.1, 0.15) is 5.56 Å². The van der Waals surface area contributed by atoms with Crippen molar-refractivity contribution in [3.63, 3.8) is 0 Å². The maximum absolute atomic E-state index is 13.4. The van der Waals surface area contributed by atoms with Crippen LogP contribution in [0.2, 0.25) is 0 Å². The first-order chi connectivity index (χ1) is 9.54. The lowest BCUT2D eigenvalue weighted by atomic mass is 10.1. The molecule has 0 heterocycles. The van der Waals surface area contributed by atoms with Gasteiger partial charge in [-0.25, -0.2) is 8.78 Å². The van der Waals surface area contributed by atoms with Gasteiger partial charge in [0.05, 0.1) is 0 Å². The highest BCUT2D eigenvalue weighted by Gasteiger charge is 2.09. The third kappa shape index (κ3) is 4.13. The molecule has 0 aliphatic rings. The first-order valence-corrected chi connectivity index (χ1v) is 6.68. The molecular formula is C15H11BrF2O2. The van der Waals surface area contributed by atoms with Crippen molar-refractivity contribution in [2.24, 2.45) is 0 Å². The molecule has 0 aliphatic heterocycles. The predicted molar refractivity (Wildman–Crippen MR) is 74.7 cm³/mol. The van der Waals surface area contributed by atoms with E-state index in [0.29, 0.717) is 10.0 Å². The molecule has 5 heteroatoms. The summed E-state index contributed by atoms with van der Waals surface area (Å²) in [5, 5.41) is 0. The Morgan fingerprint density at radius 1 is 1.15 bits per heavy atom. The van der Waals surface area contributed by atoms with Gasteiger partial charge in [-0.1, -0.05) is 34.1 Å². The quantitative estimate of drug-likeness (QED) is 0.824. The zero-order valence-electron chi connectivity index (χ0n) is 10.4. The van der Waals surface area contributed by atoms with Crippen molar-refractivity contribution < 1.29 is 18.3 Å². The second-order valence-electron chi connectivity index (χ2n) is 4.20. The number of hydrogen-bond donors (Lipinski definition) is 0. The van der Waals surface area contributed by atoms with E-state index < -0.39 is 11.6 Å². The van der Waals surface area contributed by atoms with Gasteiger partial charge in [0.2, 0.25) is 0 Å². The van der Waals surface area contributed by atoms with Gasteiger partial charge in [0.15, 0.2) is 5.78 Å². The van der Waals surface area contributed by atoms with Crippen LogP contribution in [-0.2, 0) is 11.2 Å². The van der Waals surface area contributed by atoms with Crippen molar-refractivity contribution in [2.75, 3.05) is 6.61 Å². The molecule has 2 nitrogen and oxygen atoms in total. The summed E-state index contributed by atoms with van der Waals surface area (Å²) < 4.78 is 32.2. The van der Waals surface area contributed by atoms with Gasteiger partial charge in [-0.15, -0.1) is 0 Å². The maximum atomic E-state index is 13.4. The zero-order valence-corrected chi connectivity index (χ0v) is 12.0. The van der Waals surface area contributed by atoms with Crippen LogP contribution in [-0.4, -0.2) is 12.4 Å². The predicted octanol–water partition coefficient (Wildman–Crippen LogP) is 3.92. The first kappa shape index (κ1) is 14.7. The number of carbonyl (C=O) groups is 1. The topological polar surface area (TPSA) is 26.3 Å². The van der Waals surface area contributed by atoms with Gasteiger partial charge in [-0.05, 0) is 23.8 Å². The Balaban J connectivity index is 1.94. The highest BCUT2D eigenvalue weighted by molar-refractivity contribution is 9.10. The lowest BCUT2D eigenvalue weighted by Gasteiger charge is -2.07. The largest absolute Gasteiger partial charge is 0.486 e. The van der Waals surface area contributed by atoms with Gasteiger partial charge in [0, 0.05) is 17.0 Å². The lowest BCUT2D eigenvalue weighted by molar-refractivity contribution is -0.120. The fraction of sp³-hybridized carbons (Fsp3) is 0.133. The van der Waals surface area contributed by atoms with Gasteiger partial charge in [-0.3, -0.25) is 4.79 Å². The smallest absolute Gasteiger partial charge is 0.174 e. The summed E-state index contributed by atoms with van der Waals surface area (Å²) in [7, 11) is 0. The fourth-order valence-corrected chi connectivity index (χ4v) is 2.13. The Kier molecular flexibility index (Phi) is 4.84. The standard InChI is InChI=1S/C15H11BrF2O2/c16-11-6-12(17)8-14(7-11)20-9-13(19)5-10-3-1-2-4-15(10)18/h1-4,6-8H,5,9H2. The van der Waals surface area contributed by atoms with Crippen molar-refractivity contribution in [3.8, 4) is 5.75 Å². The SMILES string of the molecule is O=C(COc1cc(F)cc(Br)c1)Cc1ccccc1F. The molecule has 0 fully saturated rings. The Hall–Kier alpha value is -1.75. The molecule has 0 saturated heterocycles. The average Bonchev–Trinajstić information content (AvgIpc) is 2.38. The maximum Gasteiger partial charge on any atom is 0.174 e. The van der Waals surface area contributed by atoms with E-state index in [4.69, 9.17) is 4.74 Å². The Morgan fingerprint density at radius 3 is 2.60 bits per heavy atom. The van der Waals surface area contributed by atoms with E-state index in [1.165, 1.54) is 18.2 Å². The summed E-state index contributed by atoms with van der Waals surface area (Å²) in [4.78, 5) is 11.7. The number of hydrogen-bond acceptors (Lipinski definition) is 2. The van der Waals surface area contributed by atoms with Crippen molar-refractivity contribution in [3.05, 3.63) is 64.1 Å². The number of ketones is 1. The van der Waals surface area contributed by atoms with E-state index in [-0.39, 0.29) is 24.6 Å². The molecular weight excluding hydrogens is 330 g/mol. The minimum absolute atomic E-state index is 0.0524. The summed E-state index contributed by atoms with van der Waals surface area (Å²) in [6.45, 7) is -0.232. The molecule has 0 radical (unpaired) electrons. The summed E-state index contributed by atoms with van der Waals surface area (Å²) in [5.74, 6) is -0.917. The Bertz CT molecular complexity index is 609. The van der Waals surface area contributed by atoms with Crippen molar-refractivity contribution in [2.45, 2.75) is 6.42 Å². The van der Waals surface area contributed by atoms with Crippen LogP contribution in [0.15, 0.2) is 46.9 Å². The van der Waals surface area contributed by atoms with E-state index in [1.807, 2.05) is 0 Å². The third-order valence-electron chi connectivity index (χ3n) is 2.58. The first-order valence-electron chi connectivity index (χ1n) is 5.88. The van der Waals surface area contributed by atoms with E-state index >= 15 is 0 Å². The number of halogens is 3. The van der Waals surface area contributed by atoms with E-state index in [2.05, 4.69) is 15.9 Å². The van der Waals surface area contributed by atoms with Gasteiger partial charge in [0.25, 0.3) is 0 Å². The Morgan fingerprint density at radius 2 is 1.90 bits per heavy atom. The van der Waals surface area contributed by atoms with Crippen LogP contribution in [0, 0.1) is 11.6 Å². The highest BCUT2D eigenvalue weighted by atomic mass is 79.9. The van der Waals surface area contributed by atoms with Crippen LogP contribution in [0.3, 0.4) is 0 Å². The molecule has 20 heavy (non-hydrogen) atoms. The number of benzene rings is 2. The zero-order chi connectivity index (χ0) is 14.5. The number of carbonyl (C=O) groups excluding carboxylic acids is 1. The number of rotatable bonds is 5. The minimum Gasteiger partial charge on any atom is -0.486 e. The van der Waals surface area contributed by atoms with Crippen molar-refractivity contribution in [1.29, 1.82) is 0 Å². The van der Waals surface area contributed by atoms with Crippen LogP contribution in [0.25, 0.3) is 0 Å². The third-order valence-corrected chi connectivity index (χ3v) is 3.04. The second-order valence-corrected chi connectivity index (χ2v) is 5.12. The van der Waals surface area contributed by atoms with Crippen molar-refractivity contribution >= 4 is 21.7 Å². The molecule has 0 unspecified atom stereocenters. The monoisotopic (exact) mass is 340 g/mol. The molecule has 0 bridgehead atoms. The molecule has 0 atom stereocenters. The lowest BCUT2D eigenvalue weighted by Crippen LogP contribution is -2.14. The molecule has 0 aromatic heterocycles. The minimum atomic E-state index is -0.462. The fourth-order valence-electron chi connectivity index (χ4n) is 1.68. The van der Waals surface area contributed by atoms with Gasteiger partial charge in [0.1, 0.15) is 24.0 Å².